The van der Waals surface area contributed by atoms with Gasteiger partial charge in [-0.3, -0.25) is 9.48 Å². The van der Waals surface area contributed by atoms with Crippen molar-refractivity contribution in [2.45, 2.75) is 32.8 Å². The molecule has 6 heteroatoms. The zero-order valence-electron chi connectivity index (χ0n) is 15.4. The average Bonchev–Trinajstić information content (AvgIpc) is 2.85. The van der Waals surface area contributed by atoms with Crippen molar-refractivity contribution in [2.24, 2.45) is 7.05 Å². The maximum absolute atomic E-state index is 12.9. The highest BCUT2D eigenvalue weighted by molar-refractivity contribution is 5.83. The highest BCUT2D eigenvalue weighted by Crippen LogP contribution is 2.31. The molecule has 1 aromatic carbocycles. The lowest BCUT2D eigenvalue weighted by molar-refractivity contribution is -0.132. The summed E-state index contributed by atoms with van der Waals surface area (Å²) in [5, 5.41) is 4.42. The van der Waals surface area contributed by atoms with Gasteiger partial charge in [0, 0.05) is 25.4 Å². The Labute approximate surface area is 148 Å². The van der Waals surface area contributed by atoms with Crippen LogP contribution in [0.4, 0.5) is 0 Å². The van der Waals surface area contributed by atoms with Gasteiger partial charge in [0.1, 0.15) is 6.61 Å². The molecule has 2 aromatic rings. The first-order chi connectivity index (χ1) is 11.9. The lowest BCUT2D eigenvalue weighted by atomic mass is 9.97. The Kier molecular flexibility index (Phi) is 4.70. The van der Waals surface area contributed by atoms with Gasteiger partial charge in [-0.05, 0) is 32.9 Å². The van der Waals surface area contributed by atoms with Crippen LogP contribution in [-0.4, -0.2) is 46.9 Å². The van der Waals surface area contributed by atoms with Crippen molar-refractivity contribution in [2.75, 3.05) is 20.2 Å². The number of rotatable bonds is 4. The second-order valence-electron chi connectivity index (χ2n) is 6.65. The van der Waals surface area contributed by atoms with Gasteiger partial charge in [0.25, 0.3) is 0 Å². The molecule has 0 aliphatic carbocycles. The van der Waals surface area contributed by atoms with E-state index in [9.17, 15) is 4.79 Å². The molecule has 134 valence electrons. The fraction of sp³-hybridized carbons (Fsp3) is 0.474. The van der Waals surface area contributed by atoms with E-state index in [-0.39, 0.29) is 17.9 Å². The van der Waals surface area contributed by atoms with E-state index >= 15 is 0 Å². The number of carbonyl (C=O) groups is 1. The fourth-order valence-electron chi connectivity index (χ4n) is 3.42. The second kappa shape index (κ2) is 6.78. The molecule has 3 rings (SSSR count). The van der Waals surface area contributed by atoms with Crippen molar-refractivity contribution in [3.63, 3.8) is 0 Å². The molecule has 0 fully saturated rings. The predicted molar refractivity (Wildman–Crippen MR) is 95.1 cm³/mol. The predicted octanol–water partition coefficient (Wildman–Crippen LogP) is 2.44. The van der Waals surface area contributed by atoms with Gasteiger partial charge in [0.05, 0.1) is 18.2 Å². The number of carbonyl (C=O) groups excluding carboxylic acids is 1. The number of nitrogens with zero attached hydrogens (tertiary/aromatic N) is 3. The van der Waals surface area contributed by atoms with Crippen LogP contribution in [0.15, 0.2) is 24.3 Å². The zero-order chi connectivity index (χ0) is 18.1. The van der Waals surface area contributed by atoms with E-state index in [0.29, 0.717) is 13.2 Å². The van der Waals surface area contributed by atoms with E-state index in [1.165, 1.54) is 0 Å². The summed E-state index contributed by atoms with van der Waals surface area (Å²) < 4.78 is 13.5. The Morgan fingerprint density at radius 3 is 2.68 bits per heavy atom. The van der Waals surface area contributed by atoms with Crippen LogP contribution in [0.25, 0.3) is 0 Å². The van der Waals surface area contributed by atoms with Crippen molar-refractivity contribution >= 4 is 5.91 Å². The van der Waals surface area contributed by atoms with Crippen LogP contribution < -0.4 is 9.47 Å². The molecule has 1 amide bonds. The fourth-order valence-corrected chi connectivity index (χ4v) is 3.42. The highest BCUT2D eigenvalue weighted by Gasteiger charge is 2.28. The Hall–Kier alpha value is -2.50. The molecular formula is C19H25N3O3. The normalized spacial score (nSPS) is 17.2. The molecule has 6 nitrogen and oxygen atoms in total. The molecule has 0 N–H and O–H groups in total. The number of amides is 1. The summed E-state index contributed by atoms with van der Waals surface area (Å²) in [5.41, 5.74) is 2.93. The van der Waals surface area contributed by atoms with E-state index < -0.39 is 0 Å². The third-order valence-corrected chi connectivity index (χ3v) is 4.79. The summed E-state index contributed by atoms with van der Waals surface area (Å²) in [5.74, 6) is 1.30. The van der Waals surface area contributed by atoms with Gasteiger partial charge in [0.2, 0.25) is 5.91 Å². The van der Waals surface area contributed by atoms with Gasteiger partial charge in [0.15, 0.2) is 17.6 Å². The summed E-state index contributed by atoms with van der Waals surface area (Å²) in [4.78, 5) is 14.6. The zero-order valence-corrected chi connectivity index (χ0v) is 15.4. The van der Waals surface area contributed by atoms with Gasteiger partial charge in [-0.2, -0.15) is 5.10 Å². The summed E-state index contributed by atoms with van der Waals surface area (Å²) in [7, 11) is 3.71. The molecule has 1 aliphatic heterocycles. The summed E-state index contributed by atoms with van der Waals surface area (Å²) >= 11 is 0. The molecule has 2 heterocycles. The molecule has 0 saturated heterocycles. The van der Waals surface area contributed by atoms with Crippen LogP contribution in [0, 0.1) is 13.8 Å². The number of likely N-dealkylation sites (N-methyl/N-ethyl adjacent to an activating group) is 1. The van der Waals surface area contributed by atoms with E-state index in [2.05, 4.69) is 5.10 Å². The van der Waals surface area contributed by atoms with Crippen molar-refractivity contribution in [3.8, 4) is 11.5 Å². The molecule has 0 spiro atoms. The average molecular weight is 343 g/mol. The monoisotopic (exact) mass is 343 g/mol. The molecule has 25 heavy (non-hydrogen) atoms. The van der Waals surface area contributed by atoms with Crippen molar-refractivity contribution in [3.05, 3.63) is 41.2 Å². The summed E-state index contributed by atoms with van der Waals surface area (Å²) in [6, 6.07) is 7.60. The molecule has 1 aliphatic rings. The number of hydrogen-bond acceptors (Lipinski definition) is 4. The maximum Gasteiger partial charge on any atom is 0.229 e. The summed E-state index contributed by atoms with van der Waals surface area (Å²) in [6.45, 7) is 6.79. The molecule has 0 saturated carbocycles. The maximum atomic E-state index is 12.9. The van der Waals surface area contributed by atoms with Crippen LogP contribution in [-0.2, 0) is 11.8 Å². The lowest BCUT2D eigenvalue weighted by Crippen LogP contribution is -2.43. The molecule has 1 aromatic heterocycles. The van der Waals surface area contributed by atoms with Crippen molar-refractivity contribution in [1.82, 2.24) is 14.7 Å². The molecule has 2 unspecified atom stereocenters. The molecule has 2 atom stereocenters. The SMILES string of the molecule is Cc1nn(C)c(C)c1C(C)C(=O)N(C)CC1COc2ccccc2O1. The van der Waals surface area contributed by atoms with E-state index in [1.54, 1.807) is 4.90 Å². The van der Waals surface area contributed by atoms with Gasteiger partial charge in [-0.15, -0.1) is 0 Å². The minimum atomic E-state index is -0.240. The molecule has 0 bridgehead atoms. The first-order valence-corrected chi connectivity index (χ1v) is 8.52. The van der Waals surface area contributed by atoms with Crippen LogP contribution in [0.3, 0.4) is 0 Å². The molecule has 0 radical (unpaired) electrons. The number of hydrogen-bond donors (Lipinski definition) is 0. The lowest BCUT2D eigenvalue weighted by Gasteiger charge is -2.30. The molecular weight excluding hydrogens is 318 g/mol. The third kappa shape index (κ3) is 3.34. The van der Waals surface area contributed by atoms with Crippen molar-refractivity contribution < 1.29 is 14.3 Å². The third-order valence-electron chi connectivity index (χ3n) is 4.79. The van der Waals surface area contributed by atoms with Crippen LogP contribution in [0.2, 0.25) is 0 Å². The minimum Gasteiger partial charge on any atom is -0.486 e. The Bertz CT molecular complexity index is 784. The van der Waals surface area contributed by atoms with E-state index in [4.69, 9.17) is 9.47 Å². The Balaban J connectivity index is 1.67. The van der Waals surface area contributed by atoms with Crippen LogP contribution in [0.5, 0.6) is 11.5 Å². The smallest absolute Gasteiger partial charge is 0.229 e. The number of benzene rings is 1. The van der Waals surface area contributed by atoms with Crippen molar-refractivity contribution in [1.29, 1.82) is 0 Å². The Morgan fingerprint density at radius 2 is 2.04 bits per heavy atom. The quantitative estimate of drug-likeness (QED) is 0.856. The number of aromatic nitrogens is 2. The highest BCUT2D eigenvalue weighted by atomic mass is 16.6. The standard InChI is InChI=1S/C19H25N3O3/c1-12(18-13(2)20-22(5)14(18)3)19(23)21(4)10-15-11-24-16-8-6-7-9-17(16)25-15/h6-9,12,15H,10-11H2,1-5H3. The van der Waals surface area contributed by atoms with Crippen LogP contribution >= 0.6 is 0 Å². The topological polar surface area (TPSA) is 56.6 Å². The van der Waals surface area contributed by atoms with Gasteiger partial charge >= 0.3 is 0 Å². The van der Waals surface area contributed by atoms with Crippen LogP contribution in [0.1, 0.15) is 29.8 Å². The largest absolute Gasteiger partial charge is 0.486 e. The number of para-hydroxylation sites is 2. The second-order valence-corrected chi connectivity index (χ2v) is 6.65. The van der Waals surface area contributed by atoms with E-state index in [0.717, 1.165) is 28.5 Å². The number of ether oxygens (including phenoxy) is 2. The first-order valence-electron chi connectivity index (χ1n) is 8.52. The summed E-state index contributed by atoms with van der Waals surface area (Å²) in [6.07, 6.45) is -0.174. The van der Waals surface area contributed by atoms with E-state index in [1.807, 2.05) is 63.8 Å². The van der Waals surface area contributed by atoms with Gasteiger partial charge < -0.3 is 14.4 Å². The number of aryl methyl sites for hydroxylation is 2. The van der Waals surface area contributed by atoms with Gasteiger partial charge in [-0.1, -0.05) is 12.1 Å². The Morgan fingerprint density at radius 1 is 1.36 bits per heavy atom. The minimum absolute atomic E-state index is 0.0571. The number of fused-ring (bicyclic) bond motifs is 1. The first kappa shape index (κ1) is 17.3. The van der Waals surface area contributed by atoms with Gasteiger partial charge in [-0.25, -0.2) is 0 Å².